The highest BCUT2D eigenvalue weighted by Crippen LogP contribution is 2.17. The van der Waals surface area contributed by atoms with Crippen molar-refractivity contribution in [2.45, 2.75) is 19.4 Å². The van der Waals surface area contributed by atoms with Crippen LogP contribution in [0.2, 0.25) is 0 Å². The molecular formula is C12H19BN2O3. The first-order valence-corrected chi connectivity index (χ1v) is 6.20. The second-order valence-electron chi connectivity index (χ2n) is 4.85. The second-order valence-corrected chi connectivity index (χ2v) is 4.85. The van der Waals surface area contributed by atoms with Gasteiger partial charge in [0, 0.05) is 32.5 Å². The summed E-state index contributed by atoms with van der Waals surface area (Å²) < 4.78 is 11.2. The van der Waals surface area contributed by atoms with Crippen LogP contribution in [0.1, 0.15) is 19.4 Å². The van der Waals surface area contributed by atoms with Crippen LogP contribution in [-0.4, -0.2) is 43.5 Å². The Kier molecular flexibility index (Phi) is 4.34. The van der Waals surface area contributed by atoms with E-state index < -0.39 is 12.7 Å². The molecule has 0 bridgehead atoms. The zero-order chi connectivity index (χ0) is 13.0. The van der Waals surface area contributed by atoms with Crippen molar-refractivity contribution in [3.05, 3.63) is 23.9 Å². The quantitative estimate of drug-likeness (QED) is 0.702. The fourth-order valence-electron chi connectivity index (χ4n) is 1.78. The lowest BCUT2D eigenvalue weighted by Gasteiger charge is -2.21. The van der Waals surface area contributed by atoms with Gasteiger partial charge in [-0.25, -0.2) is 0 Å². The number of nitrogens with zero attached hydrogens (tertiary/aromatic N) is 1. The molecule has 2 N–H and O–H groups in total. The first-order chi connectivity index (χ1) is 8.57. The van der Waals surface area contributed by atoms with E-state index in [1.807, 2.05) is 6.07 Å². The molecule has 0 aromatic carbocycles. The molecule has 0 atom stereocenters. The summed E-state index contributed by atoms with van der Waals surface area (Å²) in [5, 5.41) is 13.2. The molecule has 1 aliphatic rings. The van der Waals surface area contributed by atoms with Crippen LogP contribution in [0.3, 0.4) is 0 Å². The van der Waals surface area contributed by atoms with Crippen LogP contribution in [0.5, 0.6) is 0 Å². The lowest BCUT2D eigenvalue weighted by molar-refractivity contribution is 0.0785. The highest BCUT2D eigenvalue weighted by atomic mass is 16.6. The maximum atomic E-state index is 9.99. The number of hydrogen-bond acceptors (Lipinski definition) is 5. The number of pyridine rings is 1. The van der Waals surface area contributed by atoms with Gasteiger partial charge in [-0.15, -0.1) is 0 Å². The molecule has 1 aromatic rings. The van der Waals surface area contributed by atoms with Gasteiger partial charge in [-0.3, -0.25) is 4.98 Å². The molecule has 1 saturated heterocycles. The van der Waals surface area contributed by atoms with Crippen molar-refractivity contribution in [1.29, 1.82) is 0 Å². The van der Waals surface area contributed by atoms with E-state index in [-0.39, 0.29) is 0 Å². The monoisotopic (exact) mass is 250 g/mol. The van der Waals surface area contributed by atoms with Crippen molar-refractivity contribution in [2.24, 2.45) is 0 Å². The molecule has 0 aliphatic carbocycles. The zero-order valence-corrected chi connectivity index (χ0v) is 10.8. The van der Waals surface area contributed by atoms with Crippen LogP contribution in [0.25, 0.3) is 0 Å². The molecule has 0 amide bonds. The van der Waals surface area contributed by atoms with Gasteiger partial charge in [0.05, 0.1) is 11.2 Å². The number of rotatable bonds is 2. The van der Waals surface area contributed by atoms with Crippen molar-refractivity contribution >= 4 is 12.7 Å². The molecule has 18 heavy (non-hydrogen) atoms. The van der Waals surface area contributed by atoms with Crippen LogP contribution in [0, 0.1) is 0 Å². The van der Waals surface area contributed by atoms with Crippen molar-refractivity contribution in [3.8, 4) is 0 Å². The highest BCUT2D eigenvalue weighted by molar-refractivity contribution is 6.60. The molecule has 6 heteroatoms. The minimum atomic E-state index is -0.888. The van der Waals surface area contributed by atoms with Crippen molar-refractivity contribution in [1.82, 2.24) is 10.3 Å². The van der Waals surface area contributed by atoms with E-state index in [1.165, 1.54) is 0 Å². The maximum Gasteiger partial charge on any atom is 0.513 e. The molecule has 1 aliphatic heterocycles. The molecule has 5 nitrogen and oxygen atoms in total. The molecular weight excluding hydrogens is 231 g/mol. The Morgan fingerprint density at radius 3 is 2.61 bits per heavy atom. The number of aliphatic hydroxyl groups is 1. The fourth-order valence-corrected chi connectivity index (χ4v) is 1.78. The zero-order valence-electron chi connectivity index (χ0n) is 10.8. The Bertz CT molecular complexity index is 387. The van der Waals surface area contributed by atoms with Crippen molar-refractivity contribution < 1.29 is 14.4 Å². The summed E-state index contributed by atoms with van der Waals surface area (Å²) in [4.78, 5) is 4.27. The van der Waals surface area contributed by atoms with Crippen LogP contribution in [-0.2, 0) is 14.9 Å². The van der Waals surface area contributed by atoms with E-state index in [2.05, 4.69) is 10.3 Å². The third kappa shape index (κ3) is 3.52. The fraction of sp³-hybridized carbons (Fsp3) is 0.583. The van der Waals surface area contributed by atoms with Crippen molar-refractivity contribution in [3.63, 3.8) is 0 Å². The molecule has 2 heterocycles. The minimum Gasteiger partial charge on any atom is -0.405 e. The summed E-state index contributed by atoms with van der Waals surface area (Å²) in [5.41, 5.74) is 0.623. The third-order valence-corrected chi connectivity index (χ3v) is 2.83. The number of nitrogens with one attached hydrogen (secondary N) is 1. The summed E-state index contributed by atoms with van der Waals surface area (Å²) in [6.45, 7) is 6.28. The topological polar surface area (TPSA) is 63.6 Å². The van der Waals surface area contributed by atoms with E-state index in [0.29, 0.717) is 18.8 Å². The summed E-state index contributed by atoms with van der Waals surface area (Å²) >= 11 is 0. The molecule has 98 valence electrons. The van der Waals surface area contributed by atoms with Gasteiger partial charge in [0.25, 0.3) is 0 Å². The largest absolute Gasteiger partial charge is 0.513 e. The Morgan fingerprint density at radius 1 is 1.33 bits per heavy atom. The molecule has 1 fully saturated rings. The Balaban J connectivity index is 2.16. The SMILES string of the molecule is CC(C)(O)c1ccnc(B2OCCNCCO2)c1. The molecule has 0 unspecified atom stereocenters. The van der Waals surface area contributed by atoms with Crippen molar-refractivity contribution in [2.75, 3.05) is 26.3 Å². The molecule has 2 rings (SSSR count). The molecule has 0 saturated carbocycles. The third-order valence-electron chi connectivity index (χ3n) is 2.83. The first-order valence-electron chi connectivity index (χ1n) is 6.20. The predicted octanol–water partition coefficient (Wildman–Crippen LogP) is -0.359. The lowest BCUT2D eigenvalue weighted by Crippen LogP contribution is -2.44. The lowest BCUT2D eigenvalue weighted by atomic mass is 9.81. The van der Waals surface area contributed by atoms with Gasteiger partial charge in [0.15, 0.2) is 0 Å². The Morgan fingerprint density at radius 2 is 2.00 bits per heavy atom. The molecule has 0 spiro atoms. The van der Waals surface area contributed by atoms with Gasteiger partial charge >= 0.3 is 7.12 Å². The minimum absolute atomic E-state index is 0.450. The Hall–Kier alpha value is -0.945. The van der Waals surface area contributed by atoms with Gasteiger partial charge in [0.1, 0.15) is 0 Å². The van der Waals surface area contributed by atoms with E-state index in [1.54, 1.807) is 26.1 Å². The van der Waals surface area contributed by atoms with Crippen LogP contribution >= 0.6 is 0 Å². The highest BCUT2D eigenvalue weighted by Gasteiger charge is 2.26. The van der Waals surface area contributed by atoms with E-state index in [0.717, 1.165) is 18.7 Å². The molecule has 1 aromatic heterocycles. The van der Waals surface area contributed by atoms with Gasteiger partial charge in [-0.2, -0.15) is 0 Å². The summed E-state index contributed by atoms with van der Waals surface area (Å²) in [6.07, 6.45) is 1.67. The van der Waals surface area contributed by atoms with E-state index >= 15 is 0 Å². The summed E-state index contributed by atoms with van der Waals surface area (Å²) in [6, 6.07) is 3.63. The van der Waals surface area contributed by atoms with Gasteiger partial charge in [-0.1, -0.05) is 0 Å². The van der Waals surface area contributed by atoms with Crippen LogP contribution in [0.4, 0.5) is 0 Å². The van der Waals surface area contributed by atoms with Gasteiger partial charge in [-0.05, 0) is 31.5 Å². The van der Waals surface area contributed by atoms with Crippen LogP contribution < -0.4 is 10.9 Å². The second kappa shape index (κ2) is 5.80. The van der Waals surface area contributed by atoms with E-state index in [4.69, 9.17) is 9.31 Å². The summed E-state index contributed by atoms with van der Waals surface area (Å²) in [5.74, 6) is 0. The normalized spacial score (nSPS) is 18.3. The summed E-state index contributed by atoms with van der Waals surface area (Å²) in [7, 11) is -0.450. The van der Waals surface area contributed by atoms with Gasteiger partial charge < -0.3 is 19.7 Å². The predicted molar refractivity (Wildman–Crippen MR) is 69.6 cm³/mol. The first kappa shape index (κ1) is 13.5. The smallest absolute Gasteiger partial charge is 0.405 e. The number of hydrogen-bond donors (Lipinski definition) is 2. The molecule has 0 radical (unpaired) electrons. The van der Waals surface area contributed by atoms with E-state index in [9.17, 15) is 5.11 Å². The van der Waals surface area contributed by atoms with Gasteiger partial charge in [0.2, 0.25) is 0 Å². The maximum absolute atomic E-state index is 9.99. The standard InChI is InChI=1S/C12H19BN2O3/c1-12(2,16)10-3-4-15-11(9-10)13-17-7-5-14-6-8-18-13/h3-4,9,14,16H,5-8H2,1-2H3. The number of aromatic nitrogens is 1. The average Bonchev–Trinajstić information content (AvgIpc) is 2.27. The average molecular weight is 250 g/mol. The Labute approximate surface area is 108 Å². The van der Waals surface area contributed by atoms with Crippen LogP contribution in [0.15, 0.2) is 18.3 Å².